The van der Waals surface area contributed by atoms with Crippen molar-refractivity contribution < 1.29 is 0 Å². The molecule has 56 valence electrons. The molecule has 0 aliphatic heterocycles. The van der Waals surface area contributed by atoms with Gasteiger partial charge < -0.3 is 5.32 Å². The van der Waals surface area contributed by atoms with Crippen LogP contribution in [0.25, 0.3) is 0 Å². The fourth-order valence-corrected chi connectivity index (χ4v) is 1.39. The Morgan fingerprint density at radius 2 is 1.67 bits per heavy atom. The molecule has 9 heavy (non-hydrogen) atoms. The number of halogens is 1. The maximum Gasteiger partial charge on any atom is 0.00640 e. The molecule has 0 unspecified atom stereocenters. The van der Waals surface area contributed by atoms with Crippen LogP contribution in [0, 0.1) is 0 Å². The largest absolute Gasteiger partial charge is 0.317 e. The zero-order valence-electron chi connectivity index (χ0n) is 6.02. The van der Waals surface area contributed by atoms with Crippen LogP contribution in [0.2, 0.25) is 0 Å². The first-order valence-electron chi connectivity index (χ1n) is 3.61. The van der Waals surface area contributed by atoms with Gasteiger partial charge in [-0.2, -0.15) is 0 Å². The quantitative estimate of drug-likeness (QED) is 0.674. The molecule has 0 heterocycles. The molecule has 1 saturated carbocycles. The molecule has 1 rings (SSSR count). The van der Waals surface area contributed by atoms with Crippen molar-refractivity contribution in [1.29, 1.82) is 0 Å². The third-order valence-electron chi connectivity index (χ3n) is 2.01. The molecule has 1 aliphatic carbocycles. The van der Waals surface area contributed by atoms with Crippen molar-refractivity contribution in [2.24, 2.45) is 0 Å². The first kappa shape index (κ1) is 9.44. The molecule has 1 aliphatic rings. The lowest BCUT2D eigenvalue weighted by Crippen LogP contribution is -2.26. The summed E-state index contributed by atoms with van der Waals surface area (Å²) in [6.07, 6.45) is 7.13. The standard InChI is InChI=1S/C7H15N.BrH/c1-8-7-5-3-2-4-6-7;/h7-8H,2-6H2,1H3;1H. The summed E-state index contributed by atoms with van der Waals surface area (Å²) in [7, 11) is 2.07. The van der Waals surface area contributed by atoms with Crippen molar-refractivity contribution in [3.05, 3.63) is 0 Å². The van der Waals surface area contributed by atoms with E-state index in [2.05, 4.69) is 12.4 Å². The van der Waals surface area contributed by atoms with Gasteiger partial charge in [0, 0.05) is 6.04 Å². The van der Waals surface area contributed by atoms with E-state index >= 15 is 0 Å². The van der Waals surface area contributed by atoms with E-state index < -0.39 is 0 Å². The maximum atomic E-state index is 3.30. The average molecular weight is 194 g/mol. The lowest BCUT2D eigenvalue weighted by Gasteiger charge is -2.20. The minimum atomic E-state index is 0. The molecule has 1 nitrogen and oxygen atoms in total. The van der Waals surface area contributed by atoms with E-state index in [0.717, 1.165) is 6.04 Å². The van der Waals surface area contributed by atoms with E-state index in [4.69, 9.17) is 0 Å². The van der Waals surface area contributed by atoms with Crippen LogP contribution in [0.5, 0.6) is 0 Å². The second-order valence-corrected chi connectivity index (χ2v) is 2.62. The number of hydrogen-bond donors (Lipinski definition) is 1. The van der Waals surface area contributed by atoms with Gasteiger partial charge >= 0.3 is 0 Å². The van der Waals surface area contributed by atoms with Crippen LogP contribution >= 0.6 is 17.0 Å². The molecule has 2 heteroatoms. The van der Waals surface area contributed by atoms with E-state index in [1.165, 1.54) is 32.1 Å². The van der Waals surface area contributed by atoms with Crippen LogP contribution in [0.1, 0.15) is 32.1 Å². The fraction of sp³-hybridized carbons (Fsp3) is 1.00. The second kappa shape index (κ2) is 5.24. The van der Waals surface area contributed by atoms with Crippen molar-refractivity contribution in [3.63, 3.8) is 0 Å². The van der Waals surface area contributed by atoms with E-state index in [9.17, 15) is 0 Å². The Hall–Kier alpha value is 0.440. The van der Waals surface area contributed by atoms with Crippen LogP contribution in [-0.2, 0) is 0 Å². The summed E-state index contributed by atoms with van der Waals surface area (Å²) in [6, 6.07) is 0.837. The summed E-state index contributed by atoms with van der Waals surface area (Å²) < 4.78 is 0. The summed E-state index contributed by atoms with van der Waals surface area (Å²) in [6.45, 7) is 0. The molecule has 0 aromatic carbocycles. The smallest absolute Gasteiger partial charge is 0.00640 e. The van der Waals surface area contributed by atoms with Gasteiger partial charge in [-0.25, -0.2) is 0 Å². The highest BCUT2D eigenvalue weighted by Crippen LogP contribution is 2.16. The lowest BCUT2D eigenvalue weighted by atomic mass is 9.96. The molecular formula is C7H16BrN. The Morgan fingerprint density at radius 3 is 2.00 bits per heavy atom. The van der Waals surface area contributed by atoms with Gasteiger partial charge in [-0.15, -0.1) is 17.0 Å². The van der Waals surface area contributed by atoms with Crippen LogP contribution in [0.15, 0.2) is 0 Å². The number of rotatable bonds is 1. The third kappa shape index (κ3) is 3.21. The molecule has 0 radical (unpaired) electrons. The molecule has 1 N–H and O–H groups in total. The van der Waals surface area contributed by atoms with Crippen molar-refractivity contribution in [3.8, 4) is 0 Å². The van der Waals surface area contributed by atoms with Gasteiger partial charge in [-0.05, 0) is 19.9 Å². The minimum absolute atomic E-state index is 0. The van der Waals surface area contributed by atoms with Crippen LogP contribution in [0.3, 0.4) is 0 Å². The Labute approximate surface area is 68.0 Å². The summed E-state index contributed by atoms with van der Waals surface area (Å²) in [5.74, 6) is 0. The lowest BCUT2D eigenvalue weighted by molar-refractivity contribution is 0.394. The van der Waals surface area contributed by atoms with Crippen molar-refractivity contribution in [2.75, 3.05) is 7.05 Å². The molecule has 0 aromatic heterocycles. The summed E-state index contributed by atoms with van der Waals surface area (Å²) in [5, 5.41) is 3.30. The first-order valence-corrected chi connectivity index (χ1v) is 3.61. The van der Waals surface area contributed by atoms with Gasteiger partial charge in [0.05, 0.1) is 0 Å². The van der Waals surface area contributed by atoms with Crippen molar-refractivity contribution in [2.45, 2.75) is 38.1 Å². The van der Waals surface area contributed by atoms with Crippen LogP contribution in [-0.4, -0.2) is 13.1 Å². The highest BCUT2D eigenvalue weighted by molar-refractivity contribution is 8.93. The Morgan fingerprint density at radius 1 is 1.11 bits per heavy atom. The van der Waals surface area contributed by atoms with Crippen molar-refractivity contribution in [1.82, 2.24) is 5.32 Å². The number of nitrogens with one attached hydrogen (secondary N) is 1. The SMILES string of the molecule is Br.CNC1CCCCC1. The predicted octanol–water partition coefficient (Wildman–Crippen LogP) is 2.12. The molecule has 0 bridgehead atoms. The third-order valence-corrected chi connectivity index (χ3v) is 2.01. The molecule has 1 fully saturated rings. The maximum absolute atomic E-state index is 3.30. The van der Waals surface area contributed by atoms with E-state index in [0.29, 0.717) is 0 Å². The fourth-order valence-electron chi connectivity index (χ4n) is 1.39. The Kier molecular flexibility index (Phi) is 5.50. The van der Waals surface area contributed by atoms with Gasteiger partial charge in [0.25, 0.3) is 0 Å². The number of hydrogen-bond acceptors (Lipinski definition) is 1. The van der Waals surface area contributed by atoms with Gasteiger partial charge in [-0.1, -0.05) is 19.3 Å². The molecule has 0 aromatic rings. The zero-order chi connectivity index (χ0) is 5.82. The molecule has 0 spiro atoms. The highest BCUT2D eigenvalue weighted by atomic mass is 79.9. The van der Waals surface area contributed by atoms with E-state index in [1.54, 1.807) is 0 Å². The van der Waals surface area contributed by atoms with Gasteiger partial charge in [-0.3, -0.25) is 0 Å². The molecular weight excluding hydrogens is 178 g/mol. The summed E-state index contributed by atoms with van der Waals surface area (Å²) in [4.78, 5) is 0. The monoisotopic (exact) mass is 193 g/mol. The van der Waals surface area contributed by atoms with E-state index in [1.807, 2.05) is 0 Å². The van der Waals surface area contributed by atoms with Crippen molar-refractivity contribution >= 4 is 17.0 Å². The Bertz CT molecular complexity index is 59.9. The van der Waals surface area contributed by atoms with E-state index in [-0.39, 0.29) is 17.0 Å². The highest BCUT2D eigenvalue weighted by Gasteiger charge is 2.09. The van der Waals surface area contributed by atoms with Gasteiger partial charge in [0.2, 0.25) is 0 Å². The molecule has 0 saturated heterocycles. The molecule has 0 amide bonds. The zero-order valence-corrected chi connectivity index (χ0v) is 7.73. The van der Waals surface area contributed by atoms with Crippen LogP contribution < -0.4 is 5.32 Å². The normalized spacial score (nSPS) is 21.0. The second-order valence-electron chi connectivity index (χ2n) is 2.62. The minimum Gasteiger partial charge on any atom is -0.317 e. The molecule has 0 atom stereocenters. The average Bonchev–Trinajstić information content (AvgIpc) is 1.90. The topological polar surface area (TPSA) is 12.0 Å². The van der Waals surface area contributed by atoms with Gasteiger partial charge in [0.15, 0.2) is 0 Å². The predicted molar refractivity (Wildman–Crippen MR) is 46.3 cm³/mol. The summed E-state index contributed by atoms with van der Waals surface area (Å²) >= 11 is 0. The van der Waals surface area contributed by atoms with Gasteiger partial charge in [0.1, 0.15) is 0 Å². The first-order chi connectivity index (χ1) is 3.93. The summed E-state index contributed by atoms with van der Waals surface area (Å²) in [5.41, 5.74) is 0. The van der Waals surface area contributed by atoms with Crippen LogP contribution in [0.4, 0.5) is 0 Å². The Balaban J connectivity index is 0.000000640.